The Morgan fingerprint density at radius 3 is 2.93 bits per heavy atom. The van der Waals surface area contributed by atoms with E-state index in [1.54, 1.807) is 0 Å². The maximum absolute atomic E-state index is 11.7. The van der Waals surface area contributed by atoms with E-state index in [4.69, 9.17) is 5.11 Å². The molecule has 2 N–H and O–H groups in total. The first-order chi connectivity index (χ1) is 7.17. The summed E-state index contributed by atoms with van der Waals surface area (Å²) in [6, 6.07) is 0. The van der Waals surface area contributed by atoms with E-state index in [1.807, 2.05) is 0 Å². The third-order valence-corrected chi connectivity index (χ3v) is 3.00. The molecular weight excluding hydrogens is 262 g/mol. The molecule has 0 radical (unpaired) electrons. The van der Waals surface area contributed by atoms with Crippen LogP contribution in [0.1, 0.15) is 23.3 Å². The Morgan fingerprint density at radius 1 is 1.67 bits per heavy atom. The van der Waals surface area contributed by atoms with Crippen molar-refractivity contribution in [3.63, 3.8) is 0 Å². The number of halogens is 1. The highest BCUT2D eigenvalue weighted by Gasteiger charge is 2.43. The average Bonchev–Trinajstić information content (AvgIpc) is 2.99. The zero-order chi connectivity index (χ0) is 10.9. The number of aliphatic hydroxyl groups is 1. The second-order valence-corrected chi connectivity index (χ2v) is 4.47. The number of nitrogens with one attached hydrogen (secondary N) is 1. The molecule has 0 atom stereocenters. The van der Waals surface area contributed by atoms with Crippen LogP contribution in [-0.4, -0.2) is 33.1 Å². The lowest BCUT2D eigenvalue weighted by molar-refractivity contribution is 0.0900. The lowest BCUT2D eigenvalue weighted by Crippen LogP contribution is -2.40. The van der Waals surface area contributed by atoms with Crippen LogP contribution in [0.5, 0.6) is 0 Å². The Balaban J connectivity index is 2.12. The van der Waals surface area contributed by atoms with Gasteiger partial charge in [-0.2, -0.15) is 0 Å². The van der Waals surface area contributed by atoms with Crippen molar-refractivity contribution in [2.24, 2.45) is 0 Å². The first-order valence-electron chi connectivity index (χ1n) is 4.56. The summed E-state index contributed by atoms with van der Waals surface area (Å²) in [6.07, 6.45) is 4.47. The summed E-state index contributed by atoms with van der Waals surface area (Å²) in [5.41, 5.74) is -0.119. The van der Waals surface area contributed by atoms with Gasteiger partial charge in [-0.3, -0.25) is 4.79 Å². The largest absolute Gasteiger partial charge is 0.394 e. The van der Waals surface area contributed by atoms with Gasteiger partial charge in [-0.05, 0) is 28.8 Å². The zero-order valence-electron chi connectivity index (χ0n) is 7.90. The third kappa shape index (κ3) is 2.15. The van der Waals surface area contributed by atoms with E-state index >= 15 is 0 Å². The van der Waals surface area contributed by atoms with Crippen LogP contribution in [0.25, 0.3) is 0 Å². The van der Waals surface area contributed by atoms with E-state index in [2.05, 4.69) is 31.2 Å². The van der Waals surface area contributed by atoms with Crippen molar-refractivity contribution in [3.8, 4) is 0 Å². The van der Waals surface area contributed by atoms with E-state index in [9.17, 15) is 4.79 Å². The predicted molar refractivity (Wildman–Crippen MR) is 56.2 cm³/mol. The Morgan fingerprint density at radius 2 is 2.40 bits per heavy atom. The number of amides is 1. The number of aliphatic hydroxyl groups excluding tert-OH is 1. The molecule has 0 spiro atoms. The van der Waals surface area contributed by atoms with Gasteiger partial charge in [0.2, 0.25) is 0 Å². The summed E-state index contributed by atoms with van der Waals surface area (Å²) in [5.74, 6) is -0.282. The Labute approximate surface area is 95.1 Å². The molecule has 1 saturated carbocycles. The van der Waals surface area contributed by atoms with Crippen molar-refractivity contribution < 1.29 is 9.90 Å². The molecule has 6 heteroatoms. The number of hydrogen-bond acceptors (Lipinski definition) is 4. The van der Waals surface area contributed by atoms with Crippen LogP contribution in [0, 0.1) is 0 Å². The number of rotatable bonds is 3. The van der Waals surface area contributed by atoms with E-state index < -0.39 is 5.54 Å². The number of carbonyl (C=O) groups is 1. The number of carbonyl (C=O) groups excluding carboxylic acids is 1. The van der Waals surface area contributed by atoms with Crippen LogP contribution in [0.4, 0.5) is 0 Å². The van der Waals surface area contributed by atoms with Gasteiger partial charge in [0, 0.05) is 6.20 Å². The van der Waals surface area contributed by atoms with Gasteiger partial charge >= 0.3 is 0 Å². The summed E-state index contributed by atoms with van der Waals surface area (Å²) in [7, 11) is 0. The highest BCUT2D eigenvalue weighted by Crippen LogP contribution is 2.34. The van der Waals surface area contributed by atoms with Crippen molar-refractivity contribution in [2.75, 3.05) is 6.61 Å². The first-order valence-corrected chi connectivity index (χ1v) is 5.35. The maximum atomic E-state index is 11.7. The summed E-state index contributed by atoms with van der Waals surface area (Å²) in [6.45, 7) is -0.0263. The molecule has 5 nitrogen and oxygen atoms in total. The van der Waals surface area contributed by atoms with Crippen LogP contribution < -0.4 is 5.32 Å². The summed E-state index contributed by atoms with van der Waals surface area (Å²) in [4.78, 5) is 19.4. The highest BCUT2D eigenvalue weighted by molar-refractivity contribution is 9.10. The molecule has 2 rings (SSSR count). The molecule has 1 aliphatic carbocycles. The molecule has 1 heterocycles. The van der Waals surface area contributed by atoms with Gasteiger partial charge in [0.15, 0.2) is 0 Å². The van der Waals surface area contributed by atoms with Crippen molar-refractivity contribution in [3.05, 3.63) is 22.7 Å². The molecule has 1 amide bonds. The second kappa shape index (κ2) is 3.86. The molecule has 1 aromatic rings. The van der Waals surface area contributed by atoms with Crippen LogP contribution >= 0.6 is 15.9 Å². The SMILES string of the molecule is O=C(NC1(CO)CC1)c1ncncc1Br. The van der Waals surface area contributed by atoms with Gasteiger partial charge in [0.25, 0.3) is 5.91 Å². The van der Waals surface area contributed by atoms with E-state index in [0.717, 1.165) is 12.8 Å². The van der Waals surface area contributed by atoms with Gasteiger partial charge in [-0.1, -0.05) is 0 Å². The summed E-state index contributed by atoms with van der Waals surface area (Å²) in [5, 5.41) is 11.8. The Bertz CT molecular complexity index is 393. The minimum Gasteiger partial charge on any atom is -0.394 e. The topological polar surface area (TPSA) is 75.1 Å². The Kier molecular flexibility index (Phi) is 2.70. The van der Waals surface area contributed by atoms with Crippen molar-refractivity contribution in [2.45, 2.75) is 18.4 Å². The normalized spacial score (nSPS) is 17.2. The lowest BCUT2D eigenvalue weighted by atomic mass is 10.2. The molecule has 15 heavy (non-hydrogen) atoms. The molecule has 0 aliphatic heterocycles. The fourth-order valence-corrected chi connectivity index (χ4v) is 1.65. The molecule has 0 aromatic carbocycles. The van der Waals surface area contributed by atoms with Crippen LogP contribution in [0.2, 0.25) is 0 Å². The van der Waals surface area contributed by atoms with E-state index in [0.29, 0.717) is 10.2 Å². The minimum atomic E-state index is -0.415. The molecule has 1 aliphatic rings. The van der Waals surface area contributed by atoms with Crippen LogP contribution in [0.15, 0.2) is 17.0 Å². The third-order valence-electron chi connectivity index (χ3n) is 2.42. The van der Waals surface area contributed by atoms with E-state index in [-0.39, 0.29) is 12.5 Å². The van der Waals surface area contributed by atoms with Crippen LogP contribution in [-0.2, 0) is 0 Å². The number of aromatic nitrogens is 2. The first kappa shape index (κ1) is 10.5. The summed E-state index contributed by atoms with van der Waals surface area (Å²) < 4.78 is 0.552. The van der Waals surface area contributed by atoms with Gasteiger partial charge in [0.05, 0.1) is 16.6 Å². The molecular formula is C9H10BrN3O2. The lowest BCUT2D eigenvalue weighted by Gasteiger charge is -2.13. The fraction of sp³-hybridized carbons (Fsp3) is 0.444. The fourth-order valence-electron chi connectivity index (χ4n) is 1.25. The average molecular weight is 272 g/mol. The summed E-state index contributed by atoms with van der Waals surface area (Å²) >= 11 is 3.20. The standard InChI is InChI=1S/C9H10BrN3O2/c10-6-3-11-5-12-7(6)8(15)13-9(4-14)1-2-9/h3,5,14H,1-2,4H2,(H,13,15). The molecule has 0 unspecified atom stereocenters. The number of nitrogens with zero attached hydrogens (tertiary/aromatic N) is 2. The van der Waals surface area contributed by atoms with Gasteiger partial charge in [-0.25, -0.2) is 9.97 Å². The van der Waals surface area contributed by atoms with Crippen molar-refractivity contribution in [1.29, 1.82) is 0 Å². The molecule has 0 saturated heterocycles. The monoisotopic (exact) mass is 271 g/mol. The van der Waals surface area contributed by atoms with Crippen molar-refractivity contribution >= 4 is 21.8 Å². The Hall–Kier alpha value is -1.01. The second-order valence-electron chi connectivity index (χ2n) is 3.61. The van der Waals surface area contributed by atoms with Crippen molar-refractivity contribution in [1.82, 2.24) is 15.3 Å². The molecule has 0 bridgehead atoms. The molecule has 1 aromatic heterocycles. The highest BCUT2D eigenvalue weighted by atomic mass is 79.9. The predicted octanol–water partition coefficient (Wildman–Crippen LogP) is 0.494. The molecule has 1 fully saturated rings. The van der Waals surface area contributed by atoms with E-state index in [1.165, 1.54) is 12.5 Å². The van der Waals surface area contributed by atoms with Gasteiger partial charge in [0.1, 0.15) is 12.0 Å². The zero-order valence-corrected chi connectivity index (χ0v) is 9.49. The van der Waals surface area contributed by atoms with Gasteiger partial charge in [-0.15, -0.1) is 0 Å². The quantitative estimate of drug-likeness (QED) is 0.840. The molecule has 80 valence electrons. The maximum Gasteiger partial charge on any atom is 0.271 e. The smallest absolute Gasteiger partial charge is 0.271 e. The minimum absolute atomic E-state index is 0.0263. The van der Waals surface area contributed by atoms with Crippen LogP contribution in [0.3, 0.4) is 0 Å². The number of hydrogen-bond donors (Lipinski definition) is 2. The van der Waals surface area contributed by atoms with Gasteiger partial charge < -0.3 is 10.4 Å².